The Morgan fingerprint density at radius 1 is 1.13 bits per heavy atom. The third-order valence-electron chi connectivity index (χ3n) is 4.66. The summed E-state index contributed by atoms with van der Waals surface area (Å²) >= 11 is 0. The van der Waals surface area contributed by atoms with E-state index in [2.05, 4.69) is 0 Å². The van der Waals surface area contributed by atoms with E-state index in [0.29, 0.717) is 19.1 Å². The summed E-state index contributed by atoms with van der Waals surface area (Å²) in [5.41, 5.74) is -0.476. The lowest BCUT2D eigenvalue weighted by molar-refractivity contribution is 0.00736. The van der Waals surface area contributed by atoms with Crippen molar-refractivity contribution in [3.05, 3.63) is 0 Å². The predicted molar refractivity (Wildman–Crippen MR) is 89.5 cm³/mol. The molecule has 1 saturated heterocycles. The van der Waals surface area contributed by atoms with Gasteiger partial charge in [0, 0.05) is 13.7 Å². The summed E-state index contributed by atoms with van der Waals surface area (Å²) < 4.78 is 16.9. The van der Waals surface area contributed by atoms with Gasteiger partial charge in [0.25, 0.3) is 0 Å². The molecule has 2 aliphatic rings. The van der Waals surface area contributed by atoms with Crippen LogP contribution in [0, 0.1) is 5.92 Å². The molecule has 2 atom stereocenters. The number of carbonyl (C=O) groups excluding carboxylic acids is 1. The summed E-state index contributed by atoms with van der Waals surface area (Å²) in [5.74, 6) is 0.695. The molecule has 2 fully saturated rings. The highest BCUT2D eigenvalue weighted by Crippen LogP contribution is 2.27. The summed E-state index contributed by atoms with van der Waals surface area (Å²) in [7, 11) is 1.67. The smallest absolute Gasteiger partial charge is 0.410 e. The first-order valence-corrected chi connectivity index (χ1v) is 8.99. The quantitative estimate of drug-likeness (QED) is 0.774. The molecule has 0 aromatic carbocycles. The highest BCUT2D eigenvalue weighted by atomic mass is 16.6. The number of carbonyl (C=O) groups is 1. The zero-order valence-corrected chi connectivity index (χ0v) is 15.2. The van der Waals surface area contributed by atoms with Gasteiger partial charge in [-0.05, 0) is 46.0 Å². The molecule has 0 spiro atoms. The summed E-state index contributed by atoms with van der Waals surface area (Å²) in [6.07, 6.45) is 7.26. The van der Waals surface area contributed by atoms with Crippen molar-refractivity contribution in [3.8, 4) is 0 Å². The Bertz CT molecular complexity index is 374. The third-order valence-corrected chi connectivity index (χ3v) is 4.66. The van der Waals surface area contributed by atoms with Crippen LogP contribution in [-0.2, 0) is 14.2 Å². The van der Waals surface area contributed by atoms with E-state index >= 15 is 0 Å². The van der Waals surface area contributed by atoms with Gasteiger partial charge in [-0.15, -0.1) is 0 Å². The van der Waals surface area contributed by atoms with Crippen molar-refractivity contribution >= 4 is 6.09 Å². The second-order valence-electron chi connectivity index (χ2n) is 7.94. The number of nitrogens with zero attached hydrogens (tertiary/aromatic N) is 1. The molecule has 134 valence electrons. The minimum Gasteiger partial charge on any atom is -0.444 e. The molecule has 1 aliphatic heterocycles. The Balaban J connectivity index is 1.85. The van der Waals surface area contributed by atoms with Gasteiger partial charge in [-0.25, -0.2) is 4.79 Å². The fourth-order valence-corrected chi connectivity index (χ4v) is 3.51. The monoisotopic (exact) mass is 327 g/mol. The Kier molecular flexibility index (Phi) is 6.72. The lowest BCUT2D eigenvalue weighted by atomic mass is 9.90. The van der Waals surface area contributed by atoms with Crippen molar-refractivity contribution in [2.75, 3.05) is 26.9 Å². The molecular formula is C18H33NO4. The molecule has 1 saturated carbocycles. The molecule has 1 heterocycles. The van der Waals surface area contributed by atoms with E-state index in [9.17, 15) is 4.79 Å². The van der Waals surface area contributed by atoms with Gasteiger partial charge in [-0.2, -0.15) is 0 Å². The molecule has 1 amide bonds. The number of ether oxygens (including phenoxy) is 3. The van der Waals surface area contributed by atoms with Crippen LogP contribution in [0.2, 0.25) is 0 Å². The van der Waals surface area contributed by atoms with E-state index in [1.54, 1.807) is 12.0 Å². The molecular weight excluding hydrogens is 294 g/mol. The van der Waals surface area contributed by atoms with Gasteiger partial charge in [0.2, 0.25) is 0 Å². The number of amides is 1. The molecule has 0 N–H and O–H groups in total. The molecule has 5 heteroatoms. The van der Waals surface area contributed by atoms with Crippen LogP contribution in [0.25, 0.3) is 0 Å². The Morgan fingerprint density at radius 2 is 1.83 bits per heavy atom. The molecule has 0 bridgehead atoms. The van der Waals surface area contributed by atoms with Crippen molar-refractivity contribution in [2.45, 2.75) is 77.0 Å². The number of hydrogen-bond donors (Lipinski definition) is 0. The van der Waals surface area contributed by atoms with Crippen molar-refractivity contribution in [3.63, 3.8) is 0 Å². The zero-order valence-electron chi connectivity index (χ0n) is 15.2. The average molecular weight is 327 g/mol. The summed E-state index contributed by atoms with van der Waals surface area (Å²) in [6, 6.07) is 0.0474. The minimum absolute atomic E-state index is 0.0474. The first-order chi connectivity index (χ1) is 10.9. The largest absolute Gasteiger partial charge is 0.444 e. The van der Waals surface area contributed by atoms with Crippen LogP contribution in [0.3, 0.4) is 0 Å². The molecule has 2 rings (SSSR count). The van der Waals surface area contributed by atoms with E-state index in [-0.39, 0.29) is 18.2 Å². The lowest BCUT2D eigenvalue weighted by Gasteiger charge is -2.28. The minimum atomic E-state index is -0.476. The Hall–Kier alpha value is -0.810. The number of likely N-dealkylation sites (tertiary alicyclic amines) is 1. The van der Waals surface area contributed by atoms with Crippen molar-refractivity contribution in [1.82, 2.24) is 4.90 Å². The normalized spacial score (nSPS) is 26.5. The van der Waals surface area contributed by atoms with Gasteiger partial charge < -0.3 is 19.1 Å². The average Bonchev–Trinajstić information content (AvgIpc) is 2.88. The topological polar surface area (TPSA) is 48.0 Å². The van der Waals surface area contributed by atoms with Gasteiger partial charge in [-0.3, -0.25) is 0 Å². The highest BCUT2D eigenvalue weighted by Gasteiger charge is 2.38. The predicted octanol–water partition coefficient (Wildman–Crippen LogP) is 3.61. The third kappa shape index (κ3) is 5.96. The van der Waals surface area contributed by atoms with Crippen LogP contribution in [0.5, 0.6) is 0 Å². The van der Waals surface area contributed by atoms with Crippen LogP contribution in [-0.4, -0.2) is 55.6 Å². The summed E-state index contributed by atoms with van der Waals surface area (Å²) in [5, 5.41) is 0. The van der Waals surface area contributed by atoms with Crippen LogP contribution >= 0.6 is 0 Å². The highest BCUT2D eigenvalue weighted by molar-refractivity contribution is 5.69. The van der Waals surface area contributed by atoms with E-state index in [1.165, 1.54) is 32.1 Å². The van der Waals surface area contributed by atoms with Crippen molar-refractivity contribution < 1.29 is 19.0 Å². The van der Waals surface area contributed by atoms with Crippen LogP contribution in [0.15, 0.2) is 0 Å². The maximum Gasteiger partial charge on any atom is 0.410 e. The fraction of sp³-hybridized carbons (Fsp3) is 0.944. The Labute approximate surface area is 140 Å². The van der Waals surface area contributed by atoms with Gasteiger partial charge in [-0.1, -0.05) is 19.3 Å². The Morgan fingerprint density at radius 3 is 2.43 bits per heavy atom. The summed E-state index contributed by atoms with van der Waals surface area (Å²) in [4.78, 5) is 14.2. The van der Waals surface area contributed by atoms with Gasteiger partial charge in [0.05, 0.1) is 25.3 Å². The fourth-order valence-electron chi connectivity index (χ4n) is 3.51. The van der Waals surface area contributed by atoms with Gasteiger partial charge in [0.1, 0.15) is 5.60 Å². The van der Waals surface area contributed by atoms with E-state index in [1.807, 2.05) is 20.8 Å². The first kappa shape index (κ1) is 18.5. The standard InChI is InChI=1S/C18H33NO4/c1-18(2,3)23-17(20)19-11-16(10-15(19)13-21-4)22-12-14-8-6-5-7-9-14/h14-16H,5-13H2,1-4H3/t15-,16+/m0/s1. The van der Waals surface area contributed by atoms with E-state index in [0.717, 1.165) is 13.0 Å². The maximum atomic E-state index is 12.4. The van der Waals surface area contributed by atoms with Gasteiger partial charge in [0.15, 0.2) is 0 Å². The van der Waals surface area contributed by atoms with Crippen LogP contribution in [0.1, 0.15) is 59.3 Å². The number of rotatable bonds is 5. The SMILES string of the molecule is COC[C@@H]1C[C@@H](OCC2CCCCC2)CN1C(=O)OC(C)(C)C. The molecule has 0 radical (unpaired) electrons. The van der Waals surface area contributed by atoms with E-state index in [4.69, 9.17) is 14.2 Å². The molecule has 5 nitrogen and oxygen atoms in total. The second-order valence-corrected chi connectivity index (χ2v) is 7.94. The molecule has 0 aromatic rings. The number of hydrogen-bond acceptors (Lipinski definition) is 4. The second kappa shape index (κ2) is 8.34. The number of methoxy groups -OCH3 is 1. The molecule has 23 heavy (non-hydrogen) atoms. The van der Waals surface area contributed by atoms with Crippen LogP contribution in [0.4, 0.5) is 4.79 Å². The van der Waals surface area contributed by atoms with Gasteiger partial charge >= 0.3 is 6.09 Å². The zero-order chi connectivity index (χ0) is 16.9. The van der Waals surface area contributed by atoms with Crippen molar-refractivity contribution in [2.24, 2.45) is 5.92 Å². The molecule has 0 unspecified atom stereocenters. The van der Waals surface area contributed by atoms with Crippen molar-refractivity contribution in [1.29, 1.82) is 0 Å². The summed E-state index contributed by atoms with van der Waals surface area (Å²) in [6.45, 7) is 7.64. The molecule has 0 aromatic heterocycles. The molecule has 1 aliphatic carbocycles. The van der Waals surface area contributed by atoms with Crippen LogP contribution < -0.4 is 0 Å². The first-order valence-electron chi connectivity index (χ1n) is 8.99. The lowest BCUT2D eigenvalue weighted by Crippen LogP contribution is -2.42. The van der Waals surface area contributed by atoms with E-state index < -0.39 is 5.60 Å². The maximum absolute atomic E-state index is 12.4.